The number of aromatic nitrogens is 1. The zero-order valence-corrected chi connectivity index (χ0v) is 16.0. The van der Waals surface area contributed by atoms with Crippen LogP contribution >= 0.6 is 0 Å². The van der Waals surface area contributed by atoms with Crippen molar-refractivity contribution in [2.75, 3.05) is 5.32 Å². The van der Waals surface area contributed by atoms with Gasteiger partial charge in [0.05, 0.1) is 11.3 Å². The molecule has 140 valence electrons. The summed E-state index contributed by atoms with van der Waals surface area (Å²) in [5, 5.41) is 7.57. The lowest BCUT2D eigenvalue weighted by atomic mass is 9.72. The third-order valence-electron chi connectivity index (χ3n) is 5.94. The van der Waals surface area contributed by atoms with Gasteiger partial charge < -0.3 is 9.84 Å². The van der Waals surface area contributed by atoms with Crippen LogP contribution in [0.3, 0.4) is 0 Å². The number of fused-ring (bicyclic) bond motifs is 1. The van der Waals surface area contributed by atoms with Crippen molar-refractivity contribution in [1.29, 1.82) is 0 Å². The minimum atomic E-state index is -0.123. The van der Waals surface area contributed by atoms with Crippen molar-refractivity contribution in [3.8, 4) is 0 Å². The summed E-state index contributed by atoms with van der Waals surface area (Å²) in [6, 6.07) is 18.7. The number of aryl methyl sites for hydroxylation is 2. The fraction of sp³-hybridized carbons (Fsp3) is 0.250. The molecule has 0 saturated heterocycles. The van der Waals surface area contributed by atoms with Gasteiger partial charge in [0.15, 0.2) is 5.78 Å². The third-order valence-corrected chi connectivity index (χ3v) is 5.94. The molecule has 1 aliphatic heterocycles. The van der Waals surface area contributed by atoms with Crippen molar-refractivity contribution in [2.45, 2.75) is 38.5 Å². The smallest absolute Gasteiger partial charge is 0.233 e. The molecule has 0 saturated carbocycles. The molecular weight excluding hydrogens is 348 g/mol. The van der Waals surface area contributed by atoms with Crippen LogP contribution in [0.4, 0.5) is 5.88 Å². The third kappa shape index (κ3) is 2.68. The maximum atomic E-state index is 13.4. The number of benzene rings is 2. The van der Waals surface area contributed by atoms with Crippen molar-refractivity contribution < 1.29 is 9.32 Å². The molecule has 0 amide bonds. The Morgan fingerprint density at radius 1 is 0.964 bits per heavy atom. The molecule has 2 heterocycles. The zero-order chi connectivity index (χ0) is 19.3. The number of carbonyl (C=O) groups is 1. The number of nitrogens with one attached hydrogen (secondary N) is 1. The van der Waals surface area contributed by atoms with E-state index in [9.17, 15) is 4.79 Å². The number of hydrogen-bond donors (Lipinski definition) is 1. The van der Waals surface area contributed by atoms with Crippen LogP contribution in [0.2, 0.25) is 0 Å². The largest absolute Gasteiger partial charge is 0.338 e. The maximum Gasteiger partial charge on any atom is 0.233 e. The molecule has 3 aromatic rings. The van der Waals surface area contributed by atoms with Crippen molar-refractivity contribution >= 4 is 11.7 Å². The molecule has 1 aliphatic carbocycles. The van der Waals surface area contributed by atoms with Gasteiger partial charge in [-0.05, 0) is 37.3 Å². The molecule has 28 heavy (non-hydrogen) atoms. The van der Waals surface area contributed by atoms with Crippen LogP contribution in [0, 0.1) is 13.8 Å². The van der Waals surface area contributed by atoms with E-state index in [0.29, 0.717) is 12.3 Å². The van der Waals surface area contributed by atoms with Crippen LogP contribution in [-0.4, -0.2) is 10.9 Å². The summed E-state index contributed by atoms with van der Waals surface area (Å²) in [4.78, 5) is 13.4. The lowest BCUT2D eigenvalue weighted by molar-refractivity contribution is -0.116. The van der Waals surface area contributed by atoms with Crippen molar-refractivity contribution in [3.63, 3.8) is 0 Å². The Morgan fingerprint density at radius 3 is 2.46 bits per heavy atom. The number of carbonyl (C=O) groups excluding carboxylic acids is 1. The maximum absolute atomic E-state index is 13.4. The number of nitrogens with zero attached hydrogens (tertiary/aromatic N) is 1. The average molecular weight is 370 g/mol. The number of hydrogen-bond acceptors (Lipinski definition) is 4. The summed E-state index contributed by atoms with van der Waals surface area (Å²) in [5.41, 5.74) is 7.17. The zero-order valence-electron chi connectivity index (χ0n) is 16.0. The normalized spacial score (nSPS) is 21.1. The van der Waals surface area contributed by atoms with Crippen LogP contribution in [0.1, 0.15) is 52.6 Å². The van der Waals surface area contributed by atoms with Crippen LogP contribution in [0.25, 0.3) is 0 Å². The molecule has 0 fully saturated rings. The van der Waals surface area contributed by atoms with E-state index in [1.165, 1.54) is 11.1 Å². The molecule has 1 N–H and O–H groups in total. The summed E-state index contributed by atoms with van der Waals surface area (Å²) in [6.07, 6.45) is 1.33. The average Bonchev–Trinajstić information content (AvgIpc) is 3.08. The second-order valence-electron chi connectivity index (χ2n) is 7.81. The van der Waals surface area contributed by atoms with Crippen molar-refractivity contribution in [2.24, 2.45) is 0 Å². The van der Waals surface area contributed by atoms with E-state index in [4.69, 9.17) is 4.52 Å². The molecule has 4 heteroatoms. The SMILES string of the molecule is Cc1ccc([C@H]2C3=C(C[C@H](c4ccccc4)CC3=O)Nc3onc(C)c32)cc1. The molecule has 2 aromatic carbocycles. The van der Waals surface area contributed by atoms with Crippen LogP contribution < -0.4 is 5.32 Å². The summed E-state index contributed by atoms with van der Waals surface area (Å²) in [6.45, 7) is 4.01. The fourth-order valence-electron chi connectivity index (χ4n) is 4.53. The predicted molar refractivity (Wildman–Crippen MR) is 108 cm³/mol. The van der Waals surface area contributed by atoms with Crippen LogP contribution in [-0.2, 0) is 4.79 Å². The first-order chi connectivity index (χ1) is 13.6. The molecule has 1 aromatic heterocycles. The van der Waals surface area contributed by atoms with Gasteiger partial charge in [0.2, 0.25) is 5.88 Å². The first-order valence-corrected chi connectivity index (χ1v) is 9.72. The van der Waals surface area contributed by atoms with Crippen molar-refractivity contribution in [3.05, 3.63) is 93.8 Å². The van der Waals surface area contributed by atoms with E-state index in [2.05, 4.69) is 53.8 Å². The monoisotopic (exact) mass is 370 g/mol. The fourth-order valence-corrected chi connectivity index (χ4v) is 4.53. The molecule has 0 bridgehead atoms. The number of ketones is 1. The Labute approximate surface area is 164 Å². The Balaban J connectivity index is 1.63. The van der Waals surface area contributed by atoms with Gasteiger partial charge in [-0.2, -0.15) is 0 Å². The minimum Gasteiger partial charge on any atom is -0.338 e. The topological polar surface area (TPSA) is 55.1 Å². The lowest BCUT2D eigenvalue weighted by Gasteiger charge is -2.34. The van der Waals surface area contributed by atoms with E-state index in [0.717, 1.165) is 34.5 Å². The predicted octanol–water partition coefficient (Wildman–Crippen LogP) is 5.25. The molecule has 0 spiro atoms. The number of anilines is 1. The molecule has 0 radical (unpaired) electrons. The van der Waals surface area contributed by atoms with Gasteiger partial charge in [0, 0.05) is 23.6 Å². The highest BCUT2D eigenvalue weighted by molar-refractivity contribution is 6.01. The quantitative estimate of drug-likeness (QED) is 0.669. The Hall–Kier alpha value is -3.14. The lowest BCUT2D eigenvalue weighted by Crippen LogP contribution is -2.29. The van der Waals surface area contributed by atoms with Gasteiger partial charge in [-0.25, -0.2) is 0 Å². The molecule has 0 unspecified atom stereocenters. The van der Waals surface area contributed by atoms with E-state index in [1.54, 1.807) is 0 Å². The minimum absolute atomic E-state index is 0.123. The Morgan fingerprint density at radius 2 is 1.71 bits per heavy atom. The van der Waals surface area contributed by atoms with Gasteiger partial charge in [-0.1, -0.05) is 65.3 Å². The highest BCUT2D eigenvalue weighted by atomic mass is 16.5. The number of rotatable bonds is 2. The first-order valence-electron chi connectivity index (χ1n) is 9.72. The molecular formula is C24H22N2O2. The second-order valence-corrected chi connectivity index (χ2v) is 7.81. The van der Waals surface area contributed by atoms with Gasteiger partial charge in [-0.3, -0.25) is 4.79 Å². The Kier molecular flexibility index (Phi) is 3.93. The number of allylic oxidation sites excluding steroid dienone is 2. The molecule has 5 rings (SSSR count). The first kappa shape index (κ1) is 17.0. The highest BCUT2D eigenvalue weighted by Gasteiger charge is 2.40. The van der Waals surface area contributed by atoms with E-state index >= 15 is 0 Å². The summed E-state index contributed by atoms with van der Waals surface area (Å²) in [5.74, 6) is 0.939. The van der Waals surface area contributed by atoms with Crippen LogP contribution in [0.5, 0.6) is 0 Å². The molecule has 4 nitrogen and oxygen atoms in total. The number of Topliss-reactive ketones (excluding diaryl/α,β-unsaturated/α-hetero) is 1. The Bertz CT molecular complexity index is 1080. The van der Waals surface area contributed by atoms with Crippen LogP contribution in [0.15, 0.2) is 70.4 Å². The molecule has 2 aliphatic rings. The van der Waals surface area contributed by atoms with Gasteiger partial charge >= 0.3 is 0 Å². The van der Waals surface area contributed by atoms with Gasteiger partial charge in [-0.15, -0.1) is 0 Å². The summed E-state index contributed by atoms with van der Waals surface area (Å²) >= 11 is 0. The van der Waals surface area contributed by atoms with Crippen molar-refractivity contribution in [1.82, 2.24) is 5.16 Å². The summed E-state index contributed by atoms with van der Waals surface area (Å²) < 4.78 is 5.58. The summed E-state index contributed by atoms with van der Waals surface area (Å²) in [7, 11) is 0. The molecule has 2 atom stereocenters. The van der Waals surface area contributed by atoms with E-state index in [-0.39, 0.29) is 17.6 Å². The van der Waals surface area contributed by atoms with E-state index in [1.807, 2.05) is 25.1 Å². The standard InChI is InChI=1S/C24H22N2O2/c1-14-8-10-17(11-9-14)22-21-15(2)26-28-24(21)25-19-12-18(13-20(27)23(19)22)16-6-4-3-5-7-16/h3-11,18,22,25H,12-13H2,1-2H3/t18-,22+/m0/s1. The second kappa shape index (κ2) is 6.48. The van der Waals surface area contributed by atoms with E-state index < -0.39 is 0 Å². The highest BCUT2D eigenvalue weighted by Crippen LogP contribution is 2.48. The van der Waals surface area contributed by atoms with Gasteiger partial charge in [0.25, 0.3) is 0 Å². The van der Waals surface area contributed by atoms with Gasteiger partial charge in [0.1, 0.15) is 0 Å².